The van der Waals surface area contributed by atoms with E-state index in [4.69, 9.17) is 0 Å². The third-order valence-corrected chi connectivity index (χ3v) is 3.23. The number of nitrogens with zero attached hydrogens (tertiary/aromatic N) is 2. The molecule has 0 unspecified atom stereocenters. The smallest absolute Gasteiger partial charge is 0.147 e. The van der Waals surface area contributed by atoms with Crippen molar-refractivity contribution in [1.29, 1.82) is 0 Å². The third-order valence-electron chi connectivity index (χ3n) is 2.74. The van der Waals surface area contributed by atoms with Crippen LogP contribution in [0.3, 0.4) is 0 Å². The largest absolute Gasteiger partial charge is 0.378 e. The second kappa shape index (κ2) is 4.87. The molecule has 17 heavy (non-hydrogen) atoms. The van der Waals surface area contributed by atoms with Crippen LogP contribution in [-0.2, 0) is 13.6 Å². The van der Waals surface area contributed by atoms with Gasteiger partial charge in [-0.2, -0.15) is 5.10 Å². The molecule has 0 saturated heterocycles. The summed E-state index contributed by atoms with van der Waals surface area (Å²) in [6.07, 6.45) is 1.79. The maximum Gasteiger partial charge on any atom is 0.147 e. The van der Waals surface area contributed by atoms with E-state index in [9.17, 15) is 4.39 Å². The van der Waals surface area contributed by atoms with Gasteiger partial charge in [-0.3, -0.25) is 4.68 Å². The van der Waals surface area contributed by atoms with E-state index < -0.39 is 0 Å². The fourth-order valence-electron chi connectivity index (χ4n) is 1.54. The molecule has 0 spiro atoms. The van der Waals surface area contributed by atoms with Crippen LogP contribution in [0, 0.1) is 12.7 Å². The Balaban J connectivity index is 2.10. The quantitative estimate of drug-likeness (QED) is 0.942. The molecule has 5 heteroatoms. The van der Waals surface area contributed by atoms with Crippen LogP contribution in [0.15, 0.2) is 28.9 Å². The highest BCUT2D eigenvalue weighted by Gasteiger charge is 2.05. The molecule has 2 rings (SSSR count). The summed E-state index contributed by atoms with van der Waals surface area (Å²) in [5.41, 5.74) is 2.64. The molecule has 1 heterocycles. The molecule has 2 aromatic rings. The SMILES string of the molecule is Cc1c(CNc2ccc(Br)cc2F)cnn1C. The van der Waals surface area contributed by atoms with Crippen LogP contribution >= 0.6 is 15.9 Å². The van der Waals surface area contributed by atoms with Gasteiger partial charge in [0.25, 0.3) is 0 Å². The maximum atomic E-state index is 13.5. The highest BCUT2D eigenvalue weighted by Crippen LogP contribution is 2.20. The molecular formula is C12H13BrFN3. The monoisotopic (exact) mass is 297 g/mol. The second-order valence-corrected chi connectivity index (χ2v) is 4.77. The van der Waals surface area contributed by atoms with E-state index in [1.807, 2.05) is 20.0 Å². The molecule has 1 N–H and O–H groups in total. The van der Waals surface area contributed by atoms with Gasteiger partial charge in [0.05, 0.1) is 11.9 Å². The van der Waals surface area contributed by atoms with Crippen molar-refractivity contribution in [3.63, 3.8) is 0 Å². The van der Waals surface area contributed by atoms with Gasteiger partial charge in [0, 0.05) is 29.3 Å². The van der Waals surface area contributed by atoms with Gasteiger partial charge < -0.3 is 5.32 Å². The van der Waals surface area contributed by atoms with E-state index in [-0.39, 0.29) is 5.82 Å². The number of aromatic nitrogens is 2. The number of hydrogen-bond donors (Lipinski definition) is 1. The van der Waals surface area contributed by atoms with Crippen LogP contribution in [-0.4, -0.2) is 9.78 Å². The Bertz CT molecular complexity index is 537. The number of anilines is 1. The molecule has 0 atom stereocenters. The first-order valence-electron chi connectivity index (χ1n) is 5.24. The number of benzene rings is 1. The first-order valence-corrected chi connectivity index (χ1v) is 6.03. The van der Waals surface area contributed by atoms with E-state index in [0.29, 0.717) is 12.2 Å². The highest BCUT2D eigenvalue weighted by atomic mass is 79.9. The molecule has 0 aliphatic carbocycles. The zero-order valence-corrected chi connectivity index (χ0v) is 11.3. The number of hydrogen-bond acceptors (Lipinski definition) is 2. The van der Waals surface area contributed by atoms with Crippen LogP contribution in [0.2, 0.25) is 0 Å². The van der Waals surface area contributed by atoms with Gasteiger partial charge in [-0.25, -0.2) is 4.39 Å². The van der Waals surface area contributed by atoms with Crippen LogP contribution in [0.5, 0.6) is 0 Å². The molecule has 0 fully saturated rings. The topological polar surface area (TPSA) is 29.9 Å². The lowest BCUT2D eigenvalue weighted by atomic mass is 10.2. The lowest BCUT2D eigenvalue weighted by Crippen LogP contribution is -2.03. The molecule has 1 aromatic carbocycles. The van der Waals surface area contributed by atoms with Crippen LogP contribution < -0.4 is 5.32 Å². The minimum Gasteiger partial charge on any atom is -0.378 e. The first kappa shape index (κ1) is 12.1. The summed E-state index contributed by atoms with van der Waals surface area (Å²) in [4.78, 5) is 0. The van der Waals surface area contributed by atoms with Gasteiger partial charge in [0.1, 0.15) is 5.82 Å². The van der Waals surface area contributed by atoms with E-state index in [1.165, 1.54) is 6.07 Å². The molecule has 90 valence electrons. The molecule has 3 nitrogen and oxygen atoms in total. The average Bonchev–Trinajstić information content (AvgIpc) is 2.59. The van der Waals surface area contributed by atoms with E-state index in [0.717, 1.165) is 15.7 Å². The molecule has 1 aromatic heterocycles. The van der Waals surface area contributed by atoms with Crippen molar-refractivity contribution >= 4 is 21.6 Å². The lowest BCUT2D eigenvalue weighted by molar-refractivity contribution is 0.629. The fraction of sp³-hybridized carbons (Fsp3) is 0.250. The summed E-state index contributed by atoms with van der Waals surface area (Å²) in [6, 6.07) is 4.96. The molecule has 0 amide bonds. The van der Waals surface area contributed by atoms with Gasteiger partial charge in [0.15, 0.2) is 0 Å². The Labute approximate surface area is 108 Å². The van der Waals surface area contributed by atoms with Gasteiger partial charge in [-0.05, 0) is 25.1 Å². The number of nitrogens with one attached hydrogen (secondary N) is 1. The summed E-state index contributed by atoms with van der Waals surface area (Å²) >= 11 is 3.23. The normalized spacial score (nSPS) is 10.6. The summed E-state index contributed by atoms with van der Waals surface area (Å²) in [6.45, 7) is 2.56. The zero-order chi connectivity index (χ0) is 12.4. The van der Waals surface area contributed by atoms with Gasteiger partial charge in [-0.1, -0.05) is 15.9 Å². The number of rotatable bonds is 3. The summed E-state index contributed by atoms with van der Waals surface area (Å²) in [5.74, 6) is -0.263. The molecule has 0 aliphatic rings. The number of aryl methyl sites for hydroxylation is 1. The van der Waals surface area contributed by atoms with Gasteiger partial charge >= 0.3 is 0 Å². The van der Waals surface area contributed by atoms with Crippen molar-refractivity contribution in [2.45, 2.75) is 13.5 Å². The highest BCUT2D eigenvalue weighted by molar-refractivity contribution is 9.10. The Kier molecular flexibility index (Phi) is 3.47. The van der Waals surface area contributed by atoms with Crippen molar-refractivity contribution in [3.05, 3.63) is 45.9 Å². The predicted molar refractivity (Wildman–Crippen MR) is 69.4 cm³/mol. The van der Waals surface area contributed by atoms with Crippen LogP contribution in [0.4, 0.5) is 10.1 Å². The van der Waals surface area contributed by atoms with Crippen molar-refractivity contribution in [2.75, 3.05) is 5.32 Å². The summed E-state index contributed by atoms with van der Waals surface area (Å²) in [7, 11) is 1.89. The maximum absolute atomic E-state index is 13.5. The third kappa shape index (κ3) is 2.66. The molecule has 0 bridgehead atoms. The van der Waals surface area contributed by atoms with Crippen molar-refractivity contribution < 1.29 is 4.39 Å². The molecule has 0 radical (unpaired) electrons. The summed E-state index contributed by atoms with van der Waals surface area (Å²) in [5, 5.41) is 7.20. The van der Waals surface area contributed by atoms with Crippen LogP contribution in [0.25, 0.3) is 0 Å². The number of halogens is 2. The van der Waals surface area contributed by atoms with E-state index in [1.54, 1.807) is 16.9 Å². The molecule has 0 aliphatic heterocycles. The Morgan fingerprint density at radius 3 is 2.82 bits per heavy atom. The Morgan fingerprint density at radius 1 is 1.47 bits per heavy atom. The second-order valence-electron chi connectivity index (χ2n) is 3.86. The molecular weight excluding hydrogens is 285 g/mol. The van der Waals surface area contributed by atoms with Crippen molar-refractivity contribution in [3.8, 4) is 0 Å². The first-order chi connectivity index (χ1) is 8.08. The van der Waals surface area contributed by atoms with Crippen molar-refractivity contribution in [1.82, 2.24) is 9.78 Å². The lowest BCUT2D eigenvalue weighted by Gasteiger charge is -2.07. The zero-order valence-electron chi connectivity index (χ0n) is 9.67. The molecule has 0 saturated carbocycles. The van der Waals surface area contributed by atoms with Gasteiger partial charge in [0.2, 0.25) is 0 Å². The van der Waals surface area contributed by atoms with Crippen molar-refractivity contribution in [2.24, 2.45) is 7.05 Å². The van der Waals surface area contributed by atoms with E-state index in [2.05, 4.69) is 26.3 Å². The predicted octanol–water partition coefficient (Wildman–Crippen LogP) is 3.24. The standard InChI is InChI=1S/C12H13BrFN3/c1-8-9(7-16-17(8)2)6-15-12-4-3-10(13)5-11(12)14/h3-5,7,15H,6H2,1-2H3. The Morgan fingerprint density at radius 2 is 2.24 bits per heavy atom. The Hall–Kier alpha value is -1.36. The van der Waals surface area contributed by atoms with E-state index >= 15 is 0 Å². The minimum atomic E-state index is -0.263. The fourth-order valence-corrected chi connectivity index (χ4v) is 1.87. The minimum absolute atomic E-state index is 0.263. The summed E-state index contributed by atoms with van der Waals surface area (Å²) < 4.78 is 16.1. The van der Waals surface area contributed by atoms with Crippen LogP contribution in [0.1, 0.15) is 11.3 Å². The van der Waals surface area contributed by atoms with Gasteiger partial charge in [-0.15, -0.1) is 0 Å². The average molecular weight is 298 g/mol.